The molecule has 0 fully saturated rings. The lowest BCUT2D eigenvalue weighted by Gasteiger charge is -2.44. The molecular formula is C58H36N4O. The zero-order chi connectivity index (χ0) is 41.5. The fraction of sp³-hybridized carbons (Fsp3) is 0.0172. The van der Waals surface area contributed by atoms with Gasteiger partial charge >= 0.3 is 0 Å². The molecule has 0 bridgehead atoms. The molecule has 0 N–H and O–H groups in total. The molecule has 1 aliphatic carbocycles. The molecule has 0 amide bonds. The largest absolute Gasteiger partial charge is 0.454 e. The zero-order valence-corrected chi connectivity index (χ0v) is 34.0. The number of aromatic nitrogens is 3. The van der Waals surface area contributed by atoms with Crippen molar-refractivity contribution in [2.24, 2.45) is 0 Å². The SMILES string of the molecule is c1ccc(-c2ccc(-c3nc(-c4ccccc4)nc(-c4ccc5c(c4)oc4c(N6c7ccccc7C7(c8ccccc8-c8ccccc87)c7ccccc76)cccc45)n3)cc2)cc1. The highest BCUT2D eigenvalue weighted by Gasteiger charge is 2.51. The number of furan rings is 1. The molecule has 0 radical (unpaired) electrons. The average molecular weight is 805 g/mol. The van der Waals surface area contributed by atoms with E-state index in [1.165, 1.54) is 33.4 Å². The van der Waals surface area contributed by atoms with E-state index >= 15 is 0 Å². The maximum Gasteiger partial charge on any atom is 0.164 e. The Morgan fingerprint density at radius 2 is 0.778 bits per heavy atom. The molecule has 1 spiro atoms. The predicted molar refractivity (Wildman–Crippen MR) is 254 cm³/mol. The second-order valence-corrected chi connectivity index (χ2v) is 16.3. The van der Waals surface area contributed by atoms with Crippen LogP contribution in [-0.2, 0) is 5.41 Å². The van der Waals surface area contributed by atoms with Gasteiger partial charge in [0.2, 0.25) is 0 Å². The first-order valence-electron chi connectivity index (χ1n) is 21.4. The number of benzene rings is 9. The highest BCUT2D eigenvalue weighted by atomic mass is 16.3. The van der Waals surface area contributed by atoms with Crippen molar-refractivity contribution in [3.63, 3.8) is 0 Å². The Kier molecular flexibility index (Phi) is 7.75. The molecule has 0 atom stereocenters. The van der Waals surface area contributed by atoms with Crippen LogP contribution in [-0.4, -0.2) is 15.0 Å². The van der Waals surface area contributed by atoms with E-state index in [1.807, 2.05) is 36.4 Å². The van der Waals surface area contributed by atoms with Crippen molar-refractivity contribution < 1.29 is 4.42 Å². The monoisotopic (exact) mass is 804 g/mol. The van der Waals surface area contributed by atoms with Crippen molar-refractivity contribution in [2.75, 3.05) is 4.90 Å². The Labute approximate surface area is 364 Å². The van der Waals surface area contributed by atoms with E-state index in [0.717, 1.165) is 66.8 Å². The van der Waals surface area contributed by atoms with Crippen molar-refractivity contribution >= 4 is 39.0 Å². The molecule has 2 aromatic heterocycles. The Morgan fingerprint density at radius 1 is 0.333 bits per heavy atom. The number of para-hydroxylation sites is 3. The summed E-state index contributed by atoms with van der Waals surface area (Å²) in [6, 6.07) is 77.3. The van der Waals surface area contributed by atoms with Crippen LogP contribution in [0.3, 0.4) is 0 Å². The summed E-state index contributed by atoms with van der Waals surface area (Å²) in [5, 5.41) is 2.07. The van der Waals surface area contributed by atoms with Crippen molar-refractivity contribution in [3.05, 3.63) is 241 Å². The molecule has 63 heavy (non-hydrogen) atoms. The Morgan fingerprint density at radius 3 is 1.40 bits per heavy atom. The van der Waals surface area contributed by atoms with E-state index in [9.17, 15) is 0 Å². The Hall–Kier alpha value is -8.41. The molecule has 1 aliphatic heterocycles. The van der Waals surface area contributed by atoms with Crippen LogP contribution in [0, 0.1) is 0 Å². The van der Waals surface area contributed by atoms with Crippen molar-refractivity contribution in [1.29, 1.82) is 0 Å². The van der Waals surface area contributed by atoms with E-state index in [4.69, 9.17) is 19.4 Å². The number of hydrogen-bond acceptors (Lipinski definition) is 5. The van der Waals surface area contributed by atoms with Gasteiger partial charge in [0.05, 0.1) is 22.5 Å². The fourth-order valence-electron chi connectivity index (χ4n) is 10.2. The first-order valence-corrected chi connectivity index (χ1v) is 21.4. The molecule has 9 aromatic carbocycles. The van der Waals surface area contributed by atoms with Gasteiger partial charge in [-0.3, -0.25) is 0 Å². The zero-order valence-electron chi connectivity index (χ0n) is 34.0. The second-order valence-electron chi connectivity index (χ2n) is 16.3. The van der Waals surface area contributed by atoms with Crippen molar-refractivity contribution in [1.82, 2.24) is 15.0 Å². The summed E-state index contributed by atoms with van der Waals surface area (Å²) in [5.74, 6) is 1.80. The van der Waals surface area contributed by atoms with E-state index < -0.39 is 5.41 Å². The Bertz CT molecular complexity index is 3480. The molecule has 3 heterocycles. The van der Waals surface area contributed by atoms with E-state index in [0.29, 0.717) is 17.5 Å². The maximum absolute atomic E-state index is 7.03. The summed E-state index contributed by atoms with van der Waals surface area (Å²) < 4.78 is 7.03. The molecule has 13 rings (SSSR count). The van der Waals surface area contributed by atoms with Crippen LogP contribution in [0.2, 0.25) is 0 Å². The van der Waals surface area contributed by atoms with Gasteiger partial charge in [0.25, 0.3) is 0 Å². The van der Waals surface area contributed by atoms with Gasteiger partial charge in [-0.05, 0) is 74.8 Å². The molecule has 5 nitrogen and oxygen atoms in total. The predicted octanol–water partition coefficient (Wildman–Crippen LogP) is 14.6. The molecule has 5 heteroatoms. The summed E-state index contributed by atoms with van der Waals surface area (Å²) in [7, 11) is 0. The number of rotatable bonds is 5. The molecule has 294 valence electrons. The van der Waals surface area contributed by atoms with Gasteiger partial charge in [0, 0.05) is 27.5 Å². The highest BCUT2D eigenvalue weighted by molar-refractivity contribution is 6.12. The van der Waals surface area contributed by atoms with E-state index in [1.54, 1.807) is 0 Å². The average Bonchev–Trinajstić information content (AvgIpc) is 3.89. The molecule has 0 unspecified atom stereocenters. The van der Waals surface area contributed by atoms with Crippen LogP contribution < -0.4 is 4.90 Å². The van der Waals surface area contributed by atoms with Crippen molar-refractivity contribution in [2.45, 2.75) is 5.41 Å². The van der Waals surface area contributed by atoms with Crippen LogP contribution in [0.5, 0.6) is 0 Å². The highest BCUT2D eigenvalue weighted by Crippen LogP contribution is 2.63. The lowest BCUT2D eigenvalue weighted by molar-refractivity contribution is 0.668. The van der Waals surface area contributed by atoms with Gasteiger partial charge in [-0.25, -0.2) is 15.0 Å². The number of hydrogen-bond donors (Lipinski definition) is 0. The van der Waals surface area contributed by atoms with Crippen LogP contribution in [0.15, 0.2) is 223 Å². The normalized spacial score (nSPS) is 13.2. The third-order valence-corrected chi connectivity index (χ3v) is 12.9. The van der Waals surface area contributed by atoms with Crippen LogP contribution >= 0.6 is 0 Å². The van der Waals surface area contributed by atoms with E-state index in [-0.39, 0.29) is 0 Å². The smallest absolute Gasteiger partial charge is 0.164 e. The van der Waals surface area contributed by atoms with Crippen molar-refractivity contribution in [3.8, 4) is 56.4 Å². The molecular weight excluding hydrogens is 769 g/mol. The van der Waals surface area contributed by atoms with Gasteiger partial charge in [0.1, 0.15) is 5.58 Å². The summed E-state index contributed by atoms with van der Waals surface area (Å²) in [6.45, 7) is 0. The summed E-state index contributed by atoms with van der Waals surface area (Å²) in [4.78, 5) is 17.6. The number of fused-ring (bicyclic) bond motifs is 12. The van der Waals surface area contributed by atoms with Crippen LogP contribution in [0.4, 0.5) is 17.1 Å². The minimum atomic E-state index is -0.487. The Balaban J connectivity index is 0.965. The standard InChI is InChI=1S/C58H36N4O/c1-3-16-37(17-4-1)38-30-32-40(33-31-38)56-59-55(39-18-5-2-6-19-39)60-57(61-56)41-34-35-44-45-22-15-29-52(54(45)63-53(44)36-41)62-50-27-13-11-25-48(50)58(49-26-12-14-28-51(49)62)46-23-9-7-20-42(46)43-21-8-10-24-47(43)58/h1-36H. The lowest BCUT2D eigenvalue weighted by atomic mass is 9.64. The molecule has 11 aromatic rings. The van der Waals surface area contributed by atoms with Gasteiger partial charge in [-0.15, -0.1) is 0 Å². The lowest BCUT2D eigenvalue weighted by Crippen LogP contribution is -2.36. The molecule has 0 saturated heterocycles. The summed E-state index contributed by atoms with van der Waals surface area (Å²) in [5.41, 5.74) is 17.0. The van der Waals surface area contributed by atoms with Crippen LogP contribution in [0.25, 0.3) is 78.4 Å². The molecule has 0 saturated carbocycles. The third-order valence-electron chi connectivity index (χ3n) is 12.9. The fourth-order valence-corrected chi connectivity index (χ4v) is 10.2. The summed E-state index contributed by atoms with van der Waals surface area (Å²) >= 11 is 0. The maximum atomic E-state index is 7.03. The summed E-state index contributed by atoms with van der Waals surface area (Å²) in [6.07, 6.45) is 0. The number of nitrogens with zero attached hydrogens (tertiary/aromatic N) is 4. The topological polar surface area (TPSA) is 55.1 Å². The van der Waals surface area contributed by atoms with Gasteiger partial charge in [-0.1, -0.05) is 188 Å². The van der Waals surface area contributed by atoms with Gasteiger partial charge < -0.3 is 9.32 Å². The minimum absolute atomic E-state index is 0.487. The first-order chi connectivity index (χ1) is 31.2. The van der Waals surface area contributed by atoms with Gasteiger partial charge in [-0.2, -0.15) is 0 Å². The molecule has 2 aliphatic rings. The number of anilines is 3. The van der Waals surface area contributed by atoms with Crippen LogP contribution in [0.1, 0.15) is 22.3 Å². The quantitative estimate of drug-likeness (QED) is 0.173. The minimum Gasteiger partial charge on any atom is -0.454 e. The van der Waals surface area contributed by atoms with E-state index in [2.05, 4.69) is 187 Å². The second kappa shape index (κ2) is 13.8. The first kappa shape index (κ1) is 35.4. The van der Waals surface area contributed by atoms with Gasteiger partial charge in [0.15, 0.2) is 23.1 Å². The third kappa shape index (κ3) is 5.27.